The minimum atomic E-state index is 0.707. The van der Waals surface area contributed by atoms with Crippen molar-refractivity contribution in [3.05, 3.63) is 48.0 Å². The molecular weight excluding hydrogens is 290 g/mol. The highest BCUT2D eigenvalue weighted by Gasteiger charge is 2.05. The van der Waals surface area contributed by atoms with Crippen LogP contribution >= 0.6 is 0 Å². The van der Waals surface area contributed by atoms with E-state index in [2.05, 4.69) is 24.4 Å². The average Bonchev–Trinajstić information content (AvgIpc) is 2.61. The fourth-order valence-corrected chi connectivity index (χ4v) is 2.19. The van der Waals surface area contributed by atoms with Gasteiger partial charge in [0.1, 0.15) is 17.2 Å². The van der Waals surface area contributed by atoms with Gasteiger partial charge in [0.05, 0.1) is 26.5 Å². The molecule has 1 N–H and O–H groups in total. The molecule has 2 aromatic carbocycles. The van der Waals surface area contributed by atoms with Crippen LogP contribution in [0.15, 0.2) is 42.5 Å². The van der Waals surface area contributed by atoms with E-state index in [1.807, 2.05) is 30.3 Å². The first-order valence-electron chi connectivity index (χ1n) is 7.94. The number of rotatable bonds is 9. The van der Waals surface area contributed by atoms with Crippen molar-refractivity contribution >= 4 is 5.69 Å². The Bertz CT molecular complexity index is 596. The first kappa shape index (κ1) is 17.0. The van der Waals surface area contributed by atoms with Gasteiger partial charge in [0, 0.05) is 12.6 Å². The molecule has 4 heteroatoms. The predicted molar refractivity (Wildman–Crippen MR) is 93.7 cm³/mol. The topological polar surface area (TPSA) is 39.7 Å². The molecule has 0 radical (unpaired) electrons. The highest BCUT2D eigenvalue weighted by molar-refractivity contribution is 5.60. The summed E-state index contributed by atoms with van der Waals surface area (Å²) in [5.41, 5.74) is 2.09. The molecule has 0 aliphatic carbocycles. The van der Waals surface area contributed by atoms with E-state index in [1.54, 1.807) is 14.2 Å². The molecule has 0 saturated heterocycles. The number of hydrogen-bond donors (Lipinski definition) is 1. The van der Waals surface area contributed by atoms with Crippen molar-refractivity contribution in [1.29, 1.82) is 0 Å². The zero-order valence-corrected chi connectivity index (χ0v) is 14.1. The van der Waals surface area contributed by atoms with E-state index >= 15 is 0 Å². The first-order valence-corrected chi connectivity index (χ1v) is 7.94. The predicted octanol–water partition coefficient (Wildman–Crippen LogP) is 4.49. The van der Waals surface area contributed by atoms with Crippen LogP contribution in [0.2, 0.25) is 0 Å². The minimum Gasteiger partial charge on any atom is -0.497 e. The lowest BCUT2D eigenvalue weighted by Crippen LogP contribution is -2.02. The van der Waals surface area contributed by atoms with Crippen LogP contribution in [0.25, 0.3) is 0 Å². The molecular formula is C19H25NO3. The Kier molecular flexibility index (Phi) is 6.60. The van der Waals surface area contributed by atoms with Crippen LogP contribution in [0.3, 0.4) is 0 Å². The Morgan fingerprint density at radius 3 is 2.30 bits per heavy atom. The summed E-state index contributed by atoms with van der Waals surface area (Å²) in [6.45, 7) is 3.64. The van der Waals surface area contributed by atoms with Crippen LogP contribution in [-0.4, -0.2) is 20.8 Å². The van der Waals surface area contributed by atoms with Crippen LogP contribution in [-0.2, 0) is 6.54 Å². The van der Waals surface area contributed by atoms with Crippen molar-refractivity contribution in [3.63, 3.8) is 0 Å². The number of hydrogen-bond acceptors (Lipinski definition) is 4. The largest absolute Gasteiger partial charge is 0.497 e. The first-order chi connectivity index (χ1) is 11.3. The van der Waals surface area contributed by atoms with E-state index in [9.17, 15) is 0 Å². The van der Waals surface area contributed by atoms with E-state index in [-0.39, 0.29) is 0 Å². The van der Waals surface area contributed by atoms with E-state index < -0.39 is 0 Å². The standard InChI is InChI=1S/C19H25NO3/c1-4-5-12-23-16-8-6-15(7-9-16)14-20-18-13-17(21-2)10-11-19(18)22-3/h6-11,13,20H,4-5,12,14H2,1-3H3. The van der Waals surface area contributed by atoms with Crippen LogP contribution in [0.5, 0.6) is 17.2 Å². The SMILES string of the molecule is CCCCOc1ccc(CNc2cc(OC)ccc2OC)cc1. The monoisotopic (exact) mass is 315 g/mol. The van der Waals surface area contributed by atoms with Gasteiger partial charge < -0.3 is 19.5 Å². The fourth-order valence-electron chi connectivity index (χ4n) is 2.19. The highest BCUT2D eigenvalue weighted by Crippen LogP contribution is 2.29. The van der Waals surface area contributed by atoms with Gasteiger partial charge in [0.25, 0.3) is 0 Å². The number of methoxy groups -OCH3 is 2. The molecule has 0 aromatic heterocycles. The van der Waals surface area contributed by atoms with Gasteiger partial charge in [-0.15, -0.1) is 0 Å². The summed E-state index contributed by atoms with van der Waals surface area (Å²) in [5, 5.41) is 3.38. The van der Waals surface area contributed by atoms with Gasteiger partial charge in [-0.1, -0.05) is 25.5 Å². The van der Waals surface area contributed by atoms with Gasteiger partial charge in [-0.25, -0.2) is 0 Å². The molecule has 0 atom stereocenters. The molecule has 0 spiro atoms. The summed E-state index contributed by atoms with van der Waals surface area (Å²) < 4.78 is 16.3. The van der Waals surface area contributed by atoms with Crippen molar-refractivity contribution in [2.24, 2.45) is 0 Å². The molecule has 124 valence electrons. The quantitative estimate of drug-likeness (QED) is 0.692. The molecule has 4 nitrogen and oxygen atoms in total. The van der Waals surface area contributed by atoms with Crippen molar-refractivity contribution in [3.8, 4) is 17.2 Å². The lowest BCUT2D eigenvalue weighted by Gasteiger charge is -2.13. The zero-order valence-electron chi connectivity index (χ0n) is 14.1. The number of anilines is 1. The zero-order chi connectivity index (χ0) is 16.5. The van der Waals surface area contributed by atoms with E-state index in [4.69, 9.17) is 14.2 Å². The summed E-state index contributed by atoms with van der Waals surface area (Å²) in [5.74, 6) is 2.51. The number of nitrogens with one attached hydrogen (secondary N) is 1. The van der Waals surface area contributed by atoms with Gasteiger partial charge >= 0.3 is 0 Å². The van der Waals surface area contributed by atoms with Crippen molar-refractivity contribution < 1.29 is 14.2 Å². The Hall–Kier alpha value is -2.36. The average molecular weight is 315 g/mol. The molecule has 0 unspecified atom stereocenters. The summed E-state index contributed by atoms with van der Waals surface area (Å²) in [4.78, 5) is 0. The van der Waals surface area contributed by atoms with Crippen molar-refractivity contribution in [1.82, 2.24) is 0 Å². The van der Waals surface area contributed by atoms with Crippen LogP contribution in [0, 0.1) is 0 Å². The van der Waals surface area contributed by atoms with Crippen LogP contribution < -0.4 is 19.5 Å². The molecule has 0 fully saturated rings. The van der Waals surface area contributed by atoms with Crippen molar-refractivity contribution in [2.45, 2.75) is 26.3 Å². The van der Waals surface area contributed by atoms with E-state index in [0.29, 0.717) is 6.54 Å². The summed E-state index contributed by atoms with van der Waals surface area (Å²) in [6, 6.07) is 13.9. The molecule has 2 rings (SSSR count). The third kappa shape index (κ3) is 5.09. The maximum atomic E-state index is 5.67. The molecule has 23 heavy (non-hydrogen) atoms. The second-order valence-corrected chi connectivity index (χ2v) is 5.27. The number of ether oxygens (including phenoxy) is 3. The minimum absolute atomic E-state index is 0.707. The lowest BCUT2D eigenvalue weighted by atomic mass is 10.2. The number of benzene rings is 2. The summed E-state index contributed by atoms with van der Waals surface area (Å²) in [6.07, 6.45) is 2.23. The normalized spacial score (nSPS) is 10.2. The Labute approximate surface area is 138 Å². The Balaban J connectivity index is 1.95. The molecule has 2 aromatic rings. The maximum Gasteiger partial charge on any atom is 0.142 e. The van der Waals surface area contributed by atoms with Gasteiger partial charge in [-0.3, -0.25) is 0 Å². The lowest BCUT2D eigenvalue weighted by molar-refractivity contribution is 0.309. The molecule has 0 heterocycles. The van der Waals surface area contributed by atoms with Gasteiger partial charge in [-0.2, -0.15) is 0 Å². The second kappa shape index (κ2) is 8.93. The van der Waals surface area contributed by atoms with Gasteiger partial charge in [0.2, 0.25) is 0 Å². The molecule has 0 saturated carbocycles. The number of unbranched alkanes of at least 4 members (excludes halogenated alkanes) is 1. The third-order valence-electron chi connectivity index (χ3n) is 3.58. The molecule has 0 aliphatic heterocycles. The molecule has 0 bridgehead atoms. The van der Waals surface area contributed by atoms with Crippen molar-refractivity contribution in [2.75, 3.05) is 26.1 Å². The van der Waals surface area contributed by atoms with Gasteiger partial charge in [0.15, 0.2) is 0 Å². The molecule has 0 aliphatic rings. The van der Waals surface area contributed by atoms with E-state index in [1.165, 1.54) is 5.56 Å². The van der Waals surface area contributed by atoms with E-state index in [0.717, 1.165) is 42.4 Å². The Morgan fingerprint density at radius 1 is 0.913 bits per heavy atom. The summed E-state index contributed by atoms with van der Waals surface area (Å²) in [7, 11) is 3.32. The third-order valence-corrected chi connectivity index (χ3v) is 3.58. The maximum absolute atomic E-state index is 5.67. The van der Waals surface area contributed by atoms with Gasteiger partial charge in [-0.05, 0) is 36.2 Å². The van der Waals surface area contributed by atoms with Crippen LogP contribution in [0.4, 0.5) is 5.69 Å². The Morgan fingerprint density at radius 2 is 1.65 bits per heavy atom. The smallest absolute Gasteiger partial charge is 0.142 e. The van der Waals surface area contributed by atoms with Crippen LogP contribution in [0.1, 0.15) is 25.3 Å². The summed E-state index contributed by atoms with van der Waals surface area (Å²) >= 11 is 0. The second-order valence-electron chi connectivity index (χ2n) is 5.27. The molecule has 0 amide bonds. The fraction of sp³-hybridized carbons (Fsp3) is 0.368. The highest BCUT2D eigenvalue weighted by atomic mass is 16.5.